The molecule has 1 aliphatic rings. The first-order valence-corrected chi connectivity index (χ1v) is 12.6. The average molecular weight is 531 g/mol. The molecule has 0 radical (unpaired) electrons. The van der Waals surface area contributed by atoms with E-state index < -0.39 is 0 Å². The molecule has 0 amide bonds. The molecule has 1 N–H and O–H groups in total. The summed E-state index contributed by atoms with van der Waals surface area (Å²) in [5.41, 5.74) is 7.82. The second kappa shape index (κ2) is 9.34. The molecule has 5 nitrogen and oxygen atoms in total. The van der Waals surface area contributed by atoms with Crippen molar-refractivity contribution in [3.8, 4) is 22.5 Å². The lowest BCUT2D eigenvalue weighted by Crippen LogP contribution is -2.20. The number of ether oxygens (including phenoxy) is 1. The maximum Gasteiger partial charge on any atom is 0.356 e. The predicted molar refractivity (Wildman–Crippen MR) is 142 cm³/mol. The van der Waals surface area contributed by atoms with Gasteiger partial charge in [0, 0.05) is 12.1 Å². The van der Waals surface area contributed by atoms with Crippen molar-refractivity contribution in [2.45, 2.75) is 46.3 Å². The molecule has 0 unspecified atom stereocenters. The van der Waals surface area contributed by atoms with Gasteiger partial charge in [-0.2, -0.15) is 0 Å². The van der Waals surface area contributed by atoms with Crippen molar-refractivity contribution >= 4 is 21.9 Å². The Morgan fingerprint density at radius 3 is 2.57 bits per heavy atom. The molecule has 0 fully saturated rings. The van der Waals surface area contributed by atoms with Crippen LogP contribution in [0, 0.1) is 6.92 Å². The Morgan fingerprint density at radius 2 is 1.86 bits per heavy atom. The number of nitrogens with one attached hydrogen (secondary N) is 1. The van der Waals surface area contributed by atoms with Crippen molar-refractivity contribution in [2.24, 2.45) is 0 Å². The molecule has 0 spiro atoms. The SMILES string of the molecule is Cc1cccc(Cn2c(C(=O)OC(C)C)c(Br)c3c2-c2[nH]c(=O)c(-c4ccccc4)cc2CC3)c1. The summed E-state index contributed by atoms with van der Waals surface area (Å²) in [7, 11) is 0. The number of carbonyl (C=O) groups is 1. The molecule has 35 heavy (non-hydrogen) atoms. The Bertz CT molecular complexity index is 1480. The number of fused-ring (bicyclic) bond motifs is 3. The van der Waals surface area contributed by atoms with Gasteiger partial charge in [-0.1, -0.05) is 60.2 Å². The Morgan fingerprint density at radius 1 is 1.09 bits per heavy atom. The third-order valence-corrected chi connectivity index (χ3v) is 7.20. The molecular weight excluding hydrogens is 504 g/mol. The van der Waals surface area contributed by atoms with Gasteiger partial charge < -0.3 is 14.3 Å². The molecule has 6 heteroatoms. The molecule has 2 aromatic carbocycles. The zero-order chi connectivity index (χ0) is 24.7. The van der Waals surface area contributed by atoms with Crippen molar-refractivity contribution in [1.82, 2.24) is 9.55 Å². The number of carbonyl (C=O) groups excluding carboxylic acids is 1. The van der Waals surface area contributed by atoms with Crippen molar-refractivity contribution < 1.29 is 9.53 Å². The van der Waals surface area contributed by atoms with Gasteiger partial charge in [0.2, 0.25) is 0 Å². The minimum Gasteiger partial charge on any atom is -0.458 e. The molecule has 4 aromatic rings. The monoisotopic (exact) mass is 530 g/mol. The van der Waals surface area contributed by atoms with E-state index in [1.807, 2.05) is 60.9 Å². The number of hydrogen-bond acceptors (Lipinski definition) is 3. The molecule has 0 aliphatic heterocycles. The molecule has 0 atom stereocenters. The summed E-state index contributed by atoms with van der Waals surface area (Å²) in [6.45, 7) is 6.23. The summed E-state index contributed by atoms with van der Waals surface area (Å²) in [6, 6.07) is 19.9. The van der Waals surface area contributed by atoms with Gasteiger partial charge >= 0.3 is 5.97 Å². The van der Waals surface area contributed by atoms with E-state index in [9.17, 15) is 9.59 Å². The third-order valence-electron chi connectivity index (χ3n) is 6.35. The molecule has 0 saturated carbocycles. The lowest BCUT2D eigenvalue weighted by molar-refractivity contribution is 0.0364. The summed E-state index contributed by atoms with van der Waals surface area (Å²) in [6.07, 6.45) is 1.28. The number of aromatic amines is 1. The largest absolute Gasteiger partial charge is 0.458 e. The maximum atomic E-state index is 13.2. The number of halogens is 1. The molecule has 2 heterocycles. The molecule has 0 bridgehead atoms. The van der Waals surface area contributed by atoms with Crippen molar-refractivity contribution in [2.75, 3.05) is 0 Å². The lowest BCUT2D eigenvalue weighted by Gasteiger charge is -2.21. The number of aryl methyl sites for hydroxylation is 2. The molecular formula is C29H27BrN2O3. The van der Waals surface area contributed by atoms with Gasteiger partial charge in [0.25, 0.3) is 5.56 Å². The van der Waals surface area contributed by atoms with Crippen LogP contribution in [0.5, 0.6) is 0 Å². The number of hydrogen-bond donors (Lipinski definition) is 1. The van der Waals surface area contributed by atoms with E-state index >= 15 is 0 Å². The van der Waals surface area contributed by atoms with E-state index in [4.69, 9.17) is 4.74 Å². The standard InChI is InChI=1S/C29H27BrN2O3/c1-17(2)35-29(34)27-24(30)22-13-12-21-15-23(20-10-5-4-6-11-20)28(33)31-25(21)26(22)32(27)16-19-9-7-8-18(3)14-19/h4-11,14-15,17H,12-13,16H2,1-3H3,(H,31,33). The highest BCUT2D eigenvalue weighted by Gasteiger charge is 2.32. The van der Waals surface area contributed by atoms with Crippen LogP contribution in [-0.4, -0.2) is 21.6 Å². The van der Waals surface area contributed by atoms with Gasteiger partial charge in [0.1, 0.15) is 5.69 Å². The van der Waals surface area contributed by atoms with Crippen molar-refractivity contribution in [3.63, 3.8) is 0 Å². The molecule has 2 aromatic heterocycles. The minimum absolute atomic E-state index is 0.145. The smallest absolute Gasteiger partial charge is 0.356 e. The quantitative estimate of drug-likeness (QED) is 0.308. The zero-order valence-electron chi connectivity index (χ0n) is 20.0. The highest BCUT2D eigenvalue weighted by Crippen LogP contribution is 2.41. The summed E-state index contributed by atoms with van der Waals surface area (Å²) in [5.74, 6) is -0.376. The van der Waals surface area contributed by atoms with Crippen LogP contribution in [-0.2, 0) is 24.1 Å². The fraction of sp³-hybridized carbons (Fsp3) is 0.241. The van der Waals surface area contributed by atoms with Crippen LogP contribution in [0.1, 0.15) is 46.6 Å². The van der Waals surface area contributed by atoms with E-state index in [-0.39, 0.29) is 17.6 Å². The first-order valence-electron chi connectivity index (χ1n) is 11.8. The van der Waals surface area contributed by atoms with Crippen LogP contribution in [0.15, 0.2) is 69.9 Å². The Balaban J connectivity index is 1.72. The minimum atomic E-state index is -0.376. The van der Waals surface area contributed by atoms with Gasteiger partial charge in [-0.3, -0.25) is 4.79 Å². The summed E-state index contributed by atoms with van der Waals surface area (Å²) >= 11 is 3.71. The summed E-state index contributed by atoms with van der Waals surface area (Å²) in [4.78, 5) is 29.6. The first-order chi connectivity index (χ1) is 16.8. The fourth-order valence-corrected chi connectivity index (χ4v) is 5.61. The fourth-order valence-electron chi connectivity index (χ4n) is 4.85. The normalized spacial score (nSPS) is 12.4. The van der Waals surface area contributed by atoms with Gasteiger partial charge in [-0.15, -0.1) is 0 Å². The first kappa shape index (κ1) is 23.4. The van der Waals surface area contributed by atoms with Gasteiger partial charge in [-0.25, -0.2) is 4.79 Å². The van der Waals surface area contributed by atoms with E-state index in [1.54, 1.807) is 0 Å². The zero-order valence-corrected chi connectivity index (χ0v) is 21.6. The number of esters is 1. The maximum absolute atomic E-state index is 13.2. The summed E-state index contributed by atoms with van der Waals surface area (Å²) < 4.78 is 8.36. The van der Waals surface area contributed by atoms with Crippen LogP contribution in [0.3, 0.4) is 0 Å². The van der Waals surface area contributed by atoms with Crippen LogP contribution in [0.25, 0.3) is 22.5 Å². The van der Waals surface area contributed by atoms with Crippen LogP contribution < -0.4 is 5.56 Å². The number of nitrogens with zero attached hydrogens (tertiary/aromatic N) is 1. The number of benzene rings is 2. The third kappa shape index (κ3) is 4.39. The average Bonchev–Trinajstić information content (AvgIpc) is 3.10. The van der Waals surface area contributed by atoms with E-state index in [0.717, 1.165) is 56.5 Å². The van der Waals surface area contributed by atoms with Gasteiger partial charge in [0.15, 0.2) is 0 Å². The number of aromatic nitrogens is 2. The van der Waals surface area contributed by atoms with E-state index in [1.165, 1.54) is 0 Å². The van der Waals surface area contributed by atoms with E-state index in [0.29, 0.717) is 17.8 Å². The topological polar surface area (TPSA) is 64.1 Å². The predicted octanol–water partition coefficient (Wildman–Crippen LogP) is 6.29. The van der Waals surface area contributed by atoms with Gasteiger partial charge in [-0.05, 0) is 77.9 Å². The number of rotatable bonds is 5. The molecule has 5 rings (SSSR count). The molecule has 178 valence electrons. The Hall–Kier alpha value is -3.38. The number of H-pyrrole nitrogens is 1. The van der Waals surface area contributed by atoms with Crippen molar-refractivity contribution in [3.05, 3.63) is 103 Å². The molecule has 0 saturated heterocycles. The highest BCUT2D eigenvalue weighted by atomic mass is 79.9. The van der Waals surface area contributed by atoms with Gasteiger partial charge in [0.05, 0.1) is 22.0 Å². The second-order valence-electron chi connectivity index (χ2n) is 9.30. The summed E-state index contributed by atoms with van der Waals surface area (Å²) in [5, 5.41) is 0. The highest BCUT2D eigenvalue weighted by molar-refractivity contribution is 9.10. The van der Waals surface area contributed by atoms with Crippen LogP contribution >= 0.6 is 15.9 Å². The van der Waals surface area contributed by atoms with Crippen molar-refractivity contribution in [1.29, 1.82) is 0 Å². The Kier molecular flexibility index (Phi) is 6.24. The second-order valence-corrected chi connectivity index (χ2v) is 10.1. The lowest BCUT2D eigenvalue weighted by atomic mass is 9.92. The molecule has 1 aliphatic carbocycles. The number of pyridine rings is 1. The van der Waals surface area contributed by atoms with Crippen LogP contribution in [0.2, 0.25) is 0 Å². The Labute approximate surface area is 212 Å². The van der Waals surface area contributed by atoms with Crippen LogP contribution in [0.4, 0.5) is 0 Å². The van der Waals surface area contributed by atoms with E-state index in [2.05, 4.69) is 46.0 Å².